The predicted molar refractivity (Wildman–Crippen MR) is 80.3 cm³/mol. The molecule has 0 aliphatic carbocycles. The van der Waals surface area contributed by atoms with Gasteiger partial charge < -0.3 is 9.32 Å². The van der Waals surface area contributed by atoms with Gasteiger partial charge in [-0.1, -0.05) is 13.8 Å². The van der Waals surface area contributed by atoms with E-state index in [0.29, 0.717) is 31.3 Å². The lowest BCUT2D eigenvalue weighted by Crippen LogP contribution is -2.42. The standard InChI is InChI=1S/C16H24FN3O2/c1-11-7-12(2)9-20(8-11)16(21)15-18-13-10-19(6-4-17)5-3-14(13)22-15/h11-12H,3-10H2,1-2H3. The molecule has 5 nitrogen and oxygen atoms in total. The summed E-state index contributed by atoms with van der Waals surface area (Å²) >= 11 is 0. The molecule has 3 rings (SSSR count). The lowest BCUT2D eigenvalue weighted by Gasteiger charge is -2.34. The molecule has 1 amide bonds. The Kier molecular flexibility index (Phi) is 4.47. The van der Waals surface area contributed by atoms with Gasteiger partial charge in [-0.3, -0.25) is 9.69 Å². The zero-order valence-electron chi connectivity index (χ0n) is 13.3. The monoisotopic (exact) mass is 309 g/mol. The van der Waals surface area contributed by atoms with E-state index >= 15 is 0 Å². The highest BCUT2D eigenvalue weighted by Gasteiger charge is 2.31. The third-order valence-electron chi connectivity index (χ3n) is 4.55. The third kappa shape index (κ3) is 3.16. The van der Waals surface area contributed by atoms with Gasteiger partial charge >= 0.3 is 5.91 Å². The molecule has 6 heteroatoms. The van der Waals surface area contributed by atoms with Crippen molar-refractivity contribution in [2.75, 3.05) is 32.9 Å². The highest BCUT2D eigenvalue weighted by atomic mass is 19.1. The quantitative estimate of drug-likeness (QED) is 0.858. The van der Waals surface area contributed by atoms with Crippen LogP contribution in [0.2, 0.25) is 0 Å². The highest BCUT2D eigenvalue weighted by molar-refractivity contribution is 5.89. The lowest BCUT2D eigenvalue weighted by molar-refractivity contribution is 0.0581. The molecule has 1 aromatic rings. The number of halogens is 1. The van der Waals surface area contributed by atoms with Crippen molar-refractivity contribution in [1.82, 2.24) is 14.8 Å². The van der Waals surface area contributed by atoms with Gasteiger partial charge in [-0.2, -0.15) is 0 Å². The van der Waals surface area contributed by atoms with Crippen molar-refractivity contribution in [2.45, 2.75) is 33.2 Å². The van der Waals surface area contributed by atoms with Crippen LogP contribution in [-0.4, -0.2) is 53.5 Å². The Hall–Kier alpha value is -1.43. The molecule has 1 aromatic heterocycles. The molecule has 0 saturated carbocycles. The van der Waals surface area contributed by atoms with Crippen LogP contribution in [0.3, 0.4) is 0 Å². The van der Waals surface area contributed by atoms with E-state index < -0.39 is 0 Å². The predicted octanol–water partition coefficient (Wildman–Crippen LogP) is 2.12. The first-order valence-electron chi connectivity index (χ1n) is 8.13. The number of hydrogen-bond donors (Lipinski definition) is 0. The van der Waals surface area contributed by atoms with Crippen molar-refractivity contribution in [2.24, 2.45) is 11.8 Å². The third-order valence-corrected chi connectivity index (χ3v) is 4.55. The Morgan fingerprint density at radius 1 is 1.36 bits per heavy atom. The fourth-order valence-electron chi connectivity index (χ4n) is 3.62. The zero-order chi connectivity index (χ0) is 15.7. The van der Waals surface area contributed by atoms with Gasteiger partial charge in [0.05, 0.1) is 5.69 Å². The second-order valence-electron chi connectivity index (χ2n) is 6.76. The fraction of sp³-hybridized carbons (Fsp3) is 0.750. The van der Waals surface area contributed by atoms with Crippen molar-refractivity contribution >= 4 is 5.91 Å². The number of likely N-dealkylation sites (tertiary alicyclic amines) is 1. The minimum atomic E-state index is -0.359. The average molecular weight is 309 g/mol. The number of aromatic nitrogens is 1. The summed E-state index contributed by atoms with van der Waals surface area (Å²) in [7, 11) is 0. The largest absolute Gasteiger partial charge is 0.437 e. The second kappa shape index (κ2) is 6.36. The number of carbonyl (C=O) groups excluding carboxylic acids is 1. The number of alkyl halides is 1. The number of hydrogen-bond acceptors (Lipinski definition) is 4. The Morgan fingerprint density at radius 2 is 2.09 bits per heavy atom. The number of nitrogens with zero attached hydrogens (tertiary/aromatic N) is 3. The molecule has 0 bridgehead atoms. The summed E-state index contributed by atoms with van der Waals surface area (Å²) in [6.07, 6.45) is 1.85. The molecule has 2 atom stereocenters. The number of rotatable bonds is 3. The van der Waals surface area contributed by atoms with Gasteiger partial charge in [0, 0.05) is 39.1 Å². The number of fused-ring (bicyclic) bond motifs is 1. The van der Waals surface area contributed by atoms with Crippen molar-refractivity contribution < 1.29 is 13.6 Å². The molecule has 0 aromatic carbocycles. The molecule has 0 radical (unpaired) electrons. The van der Waals surface area contributed by atoms with Crippen molar-refractivity contribution in [1.29, 1.82) is 0 Å². The van der Waals surface area contributed by atoms with Gasteiger partial charge in [0.2, 0.25) is 0 Å². The van der Waals surface area contributed by atoms with Crippen LogP contribution in [0.4, 0.5) is 4.39 Å². The summed E-state index contributed by atoms with van der Waals surface area (Å²) in [5, 5.41) is 0. The topological polar surface area (TPSA) is 49.6 Å². The van der Waals surface area contributed by atoms with E-state index in [1.165, 1.54) is 0 Å². The smallest absolute Gasteiger partial charge is 0.309 e. The summed E-state index contributed by atoms with van der Waals surface area (Å²) in [4.78, 5) is 20.9. The second-order valence-corrected chi connectivity index (χ2v) is 6.76. The van der Waals surface area contributed by atoms with Gasteiger partial charge in [0.15, 0.2) is 0 Å². The minimum Gasteiger partial charge on any atom is -0.437 e. The molecular formula is C16H24FN3O2. The van der Waals surface area contributed by atoms with Crippen LogP contribution in [0.5, 0.6) is 0 Å². The van der Waals surface area contributed by atoms with Gasteiger partial charge in [-0.15, -0.1) is 0 Å². The maximum atomic E-state index is 12.6. The summed E-state index contributed by atoms with van der Waals surface area (Å²) < 4.78 is 18.2. The molecular weight excluding hydrogens is 285 g/mol. The molecule has 0 N–H and O–H groups in total. The molecule has 2 unspecified atom stereocenters. The Morgan fingerprint density at radius 3 is 2.77 bits per heavy atom. The van der Waals surface area contributed by atoms with Crippen molar-refractivity contribution in [3.05, 3.63) is 17.3 Å². The van der Waals surface area contributed by atoms with Crippen molar-refractivity contribution in [3.63, 3.8) is 0 Å². The molecule has 22 heavy (non-hydrogen) atoms. The van der Waals surface area contributed by atoms with Crippen molar-refractivity contribution in [3.8, 4) is 0 Å². The van der Waals surface area contributed by atoms with Crippen LogP contribution in [0.15, 0.2) is 4.42 Å². The summed E-state index contributed by atoms with van der Waals surface area (Å²) in [6.45, 7) is 7.27. The van der Waals surface area contributed by atoms with Crippen LogP contribution >= 0.6 is 0 Å². The normalized spacial score (nSPS) is 26.0. The van der Waals surface area contributed by atoms with E-state index in [9.17, 15) is 9.18 Å². The summed E-state index contributed by atoms with van der Waals surface area (Å²) in [6, 6.07) is 0. The molecule has 1 fully saturated rings. The first kappa shape index (κ1) is 15.5. The molecule has 3 heterocycles. The minimum absolute atomic E-state index is 0.107. The Balaban J connectivity index is 1.72. The van der Waals surface area contributed by atoms with Crippen LogP contribution in [0.25, 0.3) is 0 Å². The van der Waals surface area contributed by atoms with E-state index in [4.69, 9.17) is 4.42 Å². The number of carbonyl (C=O) groups is 1. The van der Waals surface area contributed by atoms with E-state index in [0.717, 1.165) is 37.5 Å². The molecule has 2 aliphatic heterocycles. The van der Waals surface area contributed by atoms with E-state index in [2.05, 4.69) is 18.8 Å². The van der Waals surface area contributed by atoms with Crippen LogP contribution in [0, 0.1) is 11.8 Å². The Labute approximate surface area is 130 Å². The molecule has 1 saturated heterocycles. The maximum absolute atomic E-state index is 12.6. The van der Waals surface area contributed by atoms with Crippen LogP contribution in [0.1, 0.15) is 42.4 Å². The number of oxazole rings is 1. The summed E-state index contributed by atoms with van der Waals surface area (Å²) in [5.41, 5.74) is 0.793. The van der Waals surface area contributed by atoms with Gasteiger partial charge in [0.25, 0.3) is 5.89 Å². The lowest BCUT2D eigenvalue weighted by atomic mass is 9.92. The molecule has 0 spiro atoms. The van der Waals surface area contributed by atoms with Crippen LogP contribution in [-0.2, 0) is 13.0 Å². The zero-order valence-corrected chi connectivity index (χ0v) is 13.3. The Bertz CT molecular complexity index is 535. The van der Waals surface area contributed by atoms with Gasteiger partial charge in [0.1, 0.15) is 12.4 Å². The molecule has 2 aliphatic rings. The average Bonchev–Trinajstić information content (AvgIpc) is 2.89. The number of piperidine rings is 1. The summed E-state index contributed by atoms with van der Waals surface area (Å²) in [5.74, 6) is 1.91. The van der Waals surface area contributed by atoms with Gasteiger partial charge in [-0.25, -0.2) is 9.37 Å². The first-order valence-corrected chi connectivity index (χ1v) is 8.13. The SMILES string of the molecule is CC1CC(C)CN(C(=O)c2nc3c(o2)CCN(CCF)C3)C1. The molecule has 122 valence electrons. The highest BCUT2D eigenvalue weighted by Crippen LogP contribution is 2.24. The number of amides is 1. The van der Waals surface area contributed by atoms with E-state index in [1.54, 1.807) is 0 Å². The van der Waals surface area contributed by atoms with Gasteiger partial charge in [-0.05, 0) is 18.3 Å². The van der Waals surface area contributed by atoms with E-state index in [-0.39, 0.29) is 18.5 Å². The maximum Gasteiger partial charge on any atom is 0.309 e. The first-order chi connectivity index (χ1) is 10.6. The van der Waals surface area contributed by atoms with E-state index in [1.807, 2.05) is 9.80 Å². The van der Waals surface area contributed by atoms with Crippen LogP contribution < -0.4 is 0 Å². The fourth-order valence-corrected chi connectivity index (χ4v) is 3.62.